The molecule has 0 radical (unpaired) electrons. The third kappa shape index (κ3) is 5.78. The Kier molecular flexibility index (Phi) is 6.44. The van der Waals surface area contributed by atoms with Crippen LogP contribution < -0.4 is 10.1 Å². The Balaban J connectivity index is 1.45. The van der Waals surface area contributed by atoms with E-state index in [1.165, 1.54) is 19.1 Å². The van der Waals surface area contributed by atoms with Crippen LogP contribution in [0.5, 0.6) is 11.5 Å². The van der Waals surface area contributed by atoms with Gasteiger partial charge in [0, 0.05) is 19.4 Å². The molecule has 1 N–H and O–H groups in total. The van der Waals surface area contributed by atoms with Gasteiger partial charge in [-0.15, -0.1) is 0 Å². The Morgan fingerprint density at radius 3 is 2.24 bits per heavy atom. The predicted octanol–water partition coefficient (Wildman–Crippen LogP) is 4.97. The van der Waals surface area contributed by atoms with Crippen LogP contribution in [0.25, 0.3) is 0 Å². The van der Waals surface area contributed by atoms with Crippen LogP contribution >= 0.6 is 0 Å². The molecule has 29 heavy (non-hydrogen) atoms. The van der Waals surface area contributed by atoms with Crippen LogP contribution in [0.2, 0.25) is 0 Å². The fourth-order valence-electron chi connectivity index (χ4n) is 2.86. The molecule has 0 fully saturated rings. The minimum Gasteiger partial charge on any atom is -0.466 e. The highest BCUT2D eigenvalue weighted by molar-refractivity contribution is 5.95. The van der Waals surface area contributed by atoms with Crippen LogP contribution in [0.4, 0.5) is 4.39 Å². The van der Waals surface area contributed by atoms with E-state index >= 15 is 0 Å². The number of ether oxygens (including phenoxy) is 1. The predicted molar refractivity (Wildman–Crippen MR) is 107 cm³/mol. The summed E-state index contributed by atoms with van der Waals surface area (Å²) in [5.74, 6) is 1.92. The van der Waals surface area contributed by atoms with E-state index in [-0.39, 0.29) is 23.9 Å². The lowest BCUT2D eigenvalue weighted by Gasteiger charge is -2.08. The lowest BCUT2D eigenvalue weighted by Crippen LogP contribution is -2.22. The summed E-state index contributed by atoms with van der Waals surface area (Å²) in [6.45, 7) is 3.62. The number of ketones is 1. The number of rotatable bonds is 8. The molecule has 0 aliphatic rings. The van der Waals surface area contributed by atoms with Crippen LogP contribution in [-0.4, -0.2) is 11.7 Å². The van der Waals surface area contributed by atoms with Gasteiger partial charge in [0.1, 0.15) is 28.8 Å². The Morgan fingerprint density at radius 2 is 1.66 bits per heavy atom. The number of nitrogens with one attached hydrogen (secondary N) is 1. The molecule has 0 spiro atoms. The normalized spacial score (nSPS) is 10.6. The number of carbonyl (C=O) groups is 2. The van der Waals surface area contributed by atoms with Gasteiger partial charge in [-0.2, -0.15) is 0 Å². The van der Waals surface area contributed by atoms with Crippen LogP contribution in [0.3, 0.4) is 0 Å². The molecule has 5 nitrogen and oxygen atoms in total. The summed E-state index contributed by atoms with van der Waals surface area (Å²) in [7, 11) is 0. The Bertz CT molecular complexity index is 991. The third-order valence-electron chi connectivity index (χ3n) is 4.41. The summed E-state index contributed by atoms with van der Waals surface area (Å²) >= 11 is 0. The van der Waals surface area contributed by atoms with Crippen LogP contribution in [0.15, 0.2) is 59.0 Å². The van der Waals surface area contributed by atoms with Gasteiger partial charge < -0.3 is 14.5 Å². The van der Waals surface area contributed by atoms with Crippen molar-refractivity contribution in [3.05, 3.63) is 83.1 Å². The van der Waals surface area contributed by atoms with E-state index in [1.807, 2.05) is 12.1 Å². The summed E-state index contributed by atoms with van der Waals surface area (Å²) < 4.78 is 24.1. The molecule has 0 bridgehead atoms. The number of hydrogen-bond acceptors (Lipinski definition) is 4. The fourth-order valence-corrected chi connectivity index (χ4v) is 2.86. The largest absolute Gasteiger partial charge is 0.466 e. The van der Waals surface area contributed by atoms with Gasteiger partial charge >= 0.3 is 0 Å². The molecule has 3 aromatic rings. The molecule has 3 rings (SSSR count). The molecule has 0 aliphatic heterocycles. The van der Waals surface area contributed by atoms with Gasteiger partial charge in [-0.25, -0.2) is 4.39 Å². The monoisotopic (exact) mass is 395 g/mol. The van der Waals surface area contributed by atoms with Crippen molar-refractivity contribution in [3.63, 3.8) is 0 Å². The molecule has 2 aromatic carbocycles. The maximum Gasteiger partial charge on any atom is 0.220 e. The Labute approximate surface area is 168 Å². The first-order valence-corrected chi connectivity index (χ1v) is 9.30. The molecule has 0 saturated carbocycles. The molecule has 150 valence electrons. The van der Waals surface area contributed by atoms with Crippen molar-refractivity contribution in [1.82, 2.24) is 5.32 Å². The molecule has 0 unspecified atom stereocenters. The highest BCUT2D eigenvalue weighted by Gasteiger charge is 2.12. The highest BCUT2D eigenvalue weighted by Crippen LogP contribution is 2.22. The number of benzene rings is 2. The van der Waals surface area contributed by atoms with Crippen molar-refractivity contribution in [2.24, 2.45) is 0 Å². The number of carbonyl (C=O) groups excluding carboxylic acids is 2. The van der Waals surface area contributed by atoms with Gasteiger partial charge in [0.25, 0.3) is 0 Å². The van der Waals surface area contributed by atoms with E-state index in [0.29, 0.717) is 41.5 Å². The number of amides is 1. The summed E-state index contributed by atoms with van der Waals surface area (Å²) in [5, 5.41) is 2.86. The molecule has 0 aliphatic carbocycles. The fraction of sp³-hybridized carbons (Fsp3) is 0.217. The first-order valence-electron chi connectivity index (χ1n) is 9.30. The smallest absolute Gasteiger partial charge is 0.220 e. The Morgan fingerprint density at radius 1 is 1.03 bits per heavy atom. The minimum atomic E-state index is -0.315. The summed E-state index contributed by atoms with van der Waals surface area (Å²) in [5.41, 5.74) is 1.49. The maximum absolute atomic E-state index is 12.9. The number of hydrogen-bond donors (Lipinski definition) is 1. The van der Waals surface area contributed by atoms with Crippen molar-refractivity contribution >= 4 is 11.7 Å². The number of aryl methyl sites for hydroxylation is 2. The summed E-state index contributed by atoms with van der Waals surface area (Å²) in [4.78, 5) is 23.5. The zero-order valence-electron chi connectivity index (χ0n) is 16.3. The van der Waals surface area contributed by atoms with E-state index in [9.17, 15) is 14.0 Å². The van der Waals surface area contributed by atoms with Gasteiger partial charge in [-0.1, -0.05) is 12.1 Å². The molecular formula is C23H22FNO4. The highest BCUT2D eigenvalue weighted by atomic mass is 19.1. The second kappa shape index (κ2) is 9.19. The first kappa shape index (κ1) is 20.3. The first-order chi connectivity index (χ1) is 13.9. The van der Waals surface area contributed by atoms with E-state index in [0.717, 1.165) is 5.56 Å². The summed E-state index contributed by atoms with van der Waals surface area (Å²) in [6, 6.07) is 14.8. The topological polar surface area (TPSA) is 68.5 Å². The molecule has 1 aromatic heterocycles. The SMILES string of the molecule is CC(=O)c1cc(CCC(=O)NCc2ccc(Oc3ccc(F)cc3)cc2)oc1C. The number of halogens is 1. The molecule has 1 amide bonds. The molecule has 0 atom stereocenters. The van der Waals surface area contributed by atoms with Gasteiger partial charge in [0.2, 0.25) is 5.91 Å². The zero-order chi connectivity index (χ0) is 20.8. The van der Waals surface area contributed by atoms with Crippen molar-refractivity contribution in [3.8, 4) is 11.5 Å². The number of Topliss-reactive ketones (excluding diaryl/α,β-unsaturated/α-hetero) is 1. The summed E-state index contributed by atoms with van der Waals surface area (Å²) in [6.07, 6.45) is 0.709. The molecule has 1 heterocycles. The van der Waals surface area contributed by atoms with Crippen molar-refractivity contribution in [2.45, 2.75) is 33.2 Å². The van der Waals surface area contributed by atoms with Crippen LogP contribution in [0, 0.1) is 12.7 Å². The van der Waals surface area contributed by atoms with E-state index in [2.05, 4.69) is 5.32 Å². The second-order valence-electron chi connectivity index (χ2n) is 6.72. The van der Waals surface area contributed by atoms with Crippen molar-refractivity contribution in [1.29, 1.82) is 0 Å². The zero-order valence-corrected chi connectivity index (χ0v) is 16.3. The second-order valence-corrected chi connectivity index (χ2v) is 6.72. The van der Waals surface area contributed by atoms with E-state index in [1.54, 1.807) is 37.3 Å². The maximum atomic E-state index is 12.9. The molecule has 0 saturated heterocycles. The van der Waals surface area contributed by atoms with E-state index in [4.69, 9.17) is 9.15 Å². The minimum absolute atomic E-state index is 0.0474. The molecule has 6 heteroatoms. The average molecular weight is 395 g/mol. The van der Waals surface area contributed by atoms with Gasteiger partial charge in [-0.3, -0.25) is 9.59 Å². The van der Waals surface area contributed by atoms with E-state index < -0.39 is 0 Å². The molecular weight excluding hydrogens is 373 g/mol. The van der Waals surface area contributed by atoms with Crippen molar-refractivity contribution in [2.75, 3.05) is 0 Å². The standard InChI is InChI=1S/C23H22FNO4/c1-15(26)22-13-21(28-16(22)2)11-12-23(27)25-14-17-3-7-19(8-4-17)29-20-9-5-18(24)6-10-20/h3-10,13H,11-12,14H2,1-2H3,(H,25,27). The lowest BCUT2D eigenvalue weighted by atomic mass is 10.1. The van der Waals surface area contributed by atoms with Gasteiger partial charge in [0.05, 0.1) is 5.56 Å². The van der Waals surface area contributed by atoms with Gasteiger partial charge in [-0.05, 0) is 61.9 Å². The quantitative estimate of drug-likeness (QED) is 0.547. The van der Waals surface area contributed by atoms with Crippen molar-refractivity contribution < 1.29 is 23.1 Å². The van der Waals surface area contributed by atoms with Crippen LogP contribution in [-0.2, 0) is 17.8 Å². The lowest BCUT2D eigenvalue weighted by molar-refractivity contribution is -0.121. The number of furan rings is 1. The van der Waals surface area contributed by atoms with Crippen LogP contribution in [0.1, 0.15) is 40.8 Å². The average Bonchev–Trinajstić information content (AvgIpc) is 3.08. The third-order valence-corrected chi connectivity index (χ3v) is 4.41. The Hall–Kier alpha value is -3.41. The van der Waals surface area contributed by atoms with Gasteiger partial charge in [0.15, 0.2) is 5.78 Å².